The molecule has 0 fully saturated rings. The summed E-state index contributed by atoms with van der Waals surface area (Å²) in [5.74, 6) is 2.58. The van der Waals surface area contributed by atoms with Crippen molar-refractivity contribution < 1.29 is 13.9 Å². The van der Waals surface area contributed by atoms with Crippen LogP contribution >= 0.6 is 0 Å². The number of fused-ring (bicyclic) bond motifs is 4. The lowest BCUT2D eigenvalue weighted by molar-refractivity contribution is -0.465. The third-order valence-electron chi connectivity index (χ3n) is 6.15. The zero-order chi connectivity index (χ0) is 21.4. The molecule has 156 valence electrons. The first-order valence-corrected chi connectivity index (χ1v) is 10.6. The Hall–Kier alpha value is -3.72. The number of imidazole rings is 1. The topological polar surface area (TPSA) is 74.2 Å². The highest BCUT2D eigenvalue weighted by molar-refractivity contribution is 5.78. The van der Waals surface area contributed by atoms with Gasteiger partial charge in [-0.15, -0.1) is 0 Å². The molecule has 1 aliphatic rings. The molecule has 6 heteroatoms. The van der Waals surface area contributed by atoms with Crippen LogP contribution in [0.25, 0.3) is 16.7 Å². The summed E-state index contributed by atoms with van der Waals surface area (Å²) in [7, 11) is 3.30. The Morgan fingerprint density at radius 3 is 2.68 bits per heavy atom. The van der Waals surface area contributed by atoms with E-state index < -0.39 is 0 Å². The van der Waals surface area contributed by atoms with Gasteiger partial charge in [0.2, 0.25) is 11.5 Å². The van der Waals surface area contributed by atoms with E-state index in [1.165, 1.54) is 16.7 Å². The van der Waals surface area contributed by atoms with Crippen LogP contribution in [0.4, 0.5) is 5.82 Å². The molecule has 5 rings (SSSR count). The molecule has 4 aromatic rings. The molecule has 0 bridgehead atoms. The van der Waals surface area contributed by atoms with Crippen LogP contribution < -0.4 is 19.2 Å². The van der Waals surface area contributed by atoms with Gasteiger partial charge >= 0.3 is 0 Å². The molecular weight excluding hydrogens is 388 g/mol. The summed E-state index contributed by atoms with van der Waals surface area (Å²) in [4.78, 5) is 3.47. The van der Waals surface area contributed by atoms with Gasteiger partial charge in [0.05, 0.1) is 20.8 Å². The van der Waals surface area contributed by atoms with Crippen LogP contribution in [-0.4, -0.2) is 25.7 Å². The number of para-hydroxylation sites is 2. The maximum Gasteiger partial charge on any atom is 0.250 e. The number of pyridine rings is 1. The number of nitriles is 1. The third kappa shape index (κ3) is 3.14. The highest BCUT2D eigenvalue weighted by Crippen LogP contribution is 2.33. The Morgan fingerprint density at radius 2 is 1.87 bits per heavy atom. The van der Waals surface area contributed by atoms with E-state index in [-0.39, 0.29) is 0 Å². The number of aromatic nitrogens is 2. The van der Waals surface area contributed by atoms with E-state index in [2.05, 4.69) is 39.0 Å². The molecule has 0 radical (unpaired) electrons. The van der Waals surface area contributed by atoms with Crippen LogP contribution in [0.3, 0.4) is 0 Å². The van der Waals surface area contributed by atoms with Crippen LogP contribution in [-0.2, 0) is 19.3 Å². The zero-order valence-corrected chi connectivity index (χ0v) is 17.8. The maximum absolute atomic E-state index is 9.91. The fourth-order valence-corrected chi connectivity index (χ4v) is 4.71. The Balaban J connectivity index is 1.54. The molecule has 2 aromatic carbocycles. The number of nitrogens with one attached hydrogen (secondary N) is 2. The zero-order valence-electron chi connectivity index (χ0n) is 17.8. The number of ether oxygens (including phenoxy) is 2. The molecule has 2 aromatic heterocycles. The quantitative estimate of drug-likeness (QED) is 0.470. The fraction of sp³-hybridized carbons (Fsp3) is 0.280. The van der Waals surface area contributed by atoms with Crippen molar-refractivity contribution in [2.45, 2.75) is 25.7 Å². The van der Waals surface area contributed by atoms with E-state index in [9.17, 15) is 5.26 Å². The Morgan fingerprint density at radius 1 is 1.06 bits per heavy atom. The number of hydrogen-bond acceptors (Lipinski definition) is 4. The molecule has 6 nitrogen and oxygen atoms in total. The first-order valence-electron chi connectivity index (χ1n) is 10.6. The summed E-state index contributed by atoms with van der Waals surface area (Å²) < 4.78 is 13.0. The molecule has 1 aliphatic carbocycles. The van der Waals surface area contributed by atoms with E-state index in [0.29, 0.717) is 0 Å². The van der Waals surface area contributed by atoms with Crippen molar-refractivity contribution in [3.8, 4) is 17.6 Å². The van der Waals surface area contributed by atoms with E-state index in [0.717, 1.165) is 71.8 Å². The van der Waals surface area contributed by atoms with Gasteiger partial charge in [-0.2, -0.15) is 9.66 Å². The molecular formula is C25H25N4O2+. The smallest absolute Gasteiger partial charge is 0.250 e. The molecule has 0 saturated heterocycles. The number of H-pyrrole nitrogens is 1. The van der Waals surface area contributed by atoms with Crippen molar-refractivity contribution in [3.05, 3.63) is 64.7 Å². The van der Waals surface area contributed by atoms with Crippen LogP contribution in [0.15, 0.2) is 42.5 Å². The maximum atomic E-state index is 9.91. The fourth-order valence-electron chi connectivity index (χ4n) is 4.71. The largest absolute Gasteiger partial charge is 0.493 e. The van der Waals surface area contributed by atoms with Crippen LogP contribution in [0.5, 0.6) is 11.5 Å². The molecule has 2 N–H and O–H groups in total. The van der Waals surface area contributed by atoms with Gasteiger partial charge in [0, 0.05) is 12.0 Å². The number of nitrogens with zero attached hydrogens (tertiary/aromatic N) is 2. The van der Waals surface area contributed by atoms with Gasteiger partial charge < -0.3 is 14.8 Å². The van der Waals surface area contributed by atoms with Crippen molar-refractivity contribution in [1.29, 1.82) is 5.26 Å². The lowest BCUT2D eigenvalue weighted by Gasteiger charge is -2.12. The predicted molar refractivity (Wildman–Crippen MR) is 120 cm³/mol. The van der Waals surface area contributed by atoms with Gasteiger partial charge in [-0.05, 0) is 54.7 Å². The Bertz CT molecular complexity index is 1330. The highest BCUT2D eigenvalue weighted by Gasteiger charge is 2.29. The van der Waals surface area contributed by atoms with Crippen LogP contribution in [0.1, 0.15) is 28.7 Å². The molecule has 0 atom stereocenters. The van der Waals surface area contributed by atoms with Crippen LogP contribution in [0.2, 0.25) is 0 Å². The Labute approximate surface area is 181 Å². The monoisotopic (exact) mass is 413 g/mol. The van der Waals surface area contributed by atoms with Gasteiger partial charge in [-0.3, -0.25) is 4.98 Å². The minimum Gasteiger partial charge on any atom is -0.493 e. The molecule has 0 unspecified atom stereocenters. The first kappa shape index (κ1) is 19.3. The van der Waals surface area contributed by atoms with Gasteiger partial charge in [-0.25, -0.2) is 0 Å². The van der Waals surface area contributed by atoms with Crippen molar-refractivity contribution in [1.82, 2.24) is 4.98 Å². The van der Waals surface area contributed by atoms with Gasteiger partial charge in [-0.1, -0.05) is 18.2 Å². The normalized spacial score (nSPS) is 12.7. The predicted octanol–water partition coefficient (Wildman–Crippen LogP) is 3.94. The summed E-state index contributed by atoms with van der Waals surface area (Å²) in [5, 5.41) is 13.6. The van der Waals surface area contributed by atoms with Gasteiger partial charge in [0.25, 0.3) is 0 Å². The minimum absolute atomic E-state index is 0.736. The first-order chi connectivity index (χ1) is 15.2. The van der Waals surface area contributed by atoms with Gasteiger partial charge in [0.15, 0.2) is 11.5 Å². The summed E-state index contributed by atoms with van der Waals surface area (Å²) in [5.41, 5.74) is 7.39. The molecule has 2 heterocycles. The number of benzene rings is 2. The lowest BCUT2D eigenvalue weighted by Crippen LogP contribution is -2.30. The van der Waals surface area contributed by atoms with Crippen molar-refractivity contribution in [2.24, 2.45) is 0 Å². The number of rotatable bonds is 6. The summed E-state index contributed by atoms with van der Waals surface area (Å²) >= 11 is 0. The van der Waals surface area contributed by atoms with E-state index in [1.54, 1.807) is 14.2 Å². The Kier molecular flexibility index (Phi) is 4.87. The molecule has 0 saturated carbocycles. The van der Waals surface area contributed by atoms with E-state index >= 15 is 0 Å². The SMILES string of the molecule is COc1ccc(CCNc2c3c(c(C#N)c4[nH]c5ccccc5[n+]24)CCC3)cc1OC. The van der Waals surface area contributed by atoms with Gasteiger partial charge in [0.1, 0.15) is 22.7 Å². The summed E-state index contributed by atoms with van der Waals surface area (Å²) in [6, 6.07) is 16.7. The average molecular weight is 414 g/mol. The van der Waals surface area contributed by atoms with Crippen molar-refractivity contribution in [3.63, 3.8) is 0 Å². The summed E-state index contributed by atoms with van der Waals surface area (Å²) in [6.07, 6.45) is 3.87. The second-order valence-electron chi connectivity index (χ2n) is 7.84. The molecule has 0 aliphatic heterocycles. The summed E-state index contributed by atoms with van der Waals surface area (Å²) in [6.45, 7) is 0.773. The second-order valence-corrected chi connectivity index (χ2v) is 7.84. The second kappa shape index (κ2) is 7.84. The minimum atomic E-state index is 0.736. The lowest BCUT2D eigenvalue weighted by atomic mass is 10.1. The van der Waals surface area contributed by atoms with Crippen LogP contribution in [0, 0.1) is 11.3 Å². The number of hydrogen-bond donors (Lipinski definition) is 2. The van der Waals surface area contributed by atoms with E-state index in [1.807, 2.05) is 24.3 Å². The highest BCUT2D eigenvalue weighted by atomic mass is 16.5. The molecule has 0 spiro atoms. The number of aromatic amines is 1. The molecule has 0 amide bonds. The van der Waals surface area contributed by atoms with Crippen molar-refractivity contribution in [2.75, 3.05) is 26.1 Å². The number of anilines is 1. The van der Waals surface area contributed by atoms with E-state index in [4.69, 9.17) is 9.47 Å². The third-order valence-corrected chi connectivity index (χ3v) is 6.15. The average Bonchev–Trinajstić information content (AvgIpc) is 3.43. The van der Waals surface area contributed by atoms with Crippen molar-refractivity contribution >= 4 is 22.5 Å². The standard InChI is InChI=1S/C25H24N4O2/c1-30-22-11-10-16(14-23(22)31-2)12-13-27-24-18-7-5-6-17(18)19(15-26)25-28-20-8-3-4-9-21(20)29(24)25/h3-4,8-11,14H,5-7,12-13H2,1-2H3,(H,27,28)/p+1. The molecule has 31 heavy (non-hydrogen) atoms. The number of methoxy groups -OCH3 is 2.